The summed E-state index contributed by atoms with van der Waals surface area (Å²) in [6.07, 6.45) is -0.0835. The van der Waals surface area contributed by atoms with Crippen LogP contribution in [0.15, 0.2) is 59.5 Å². The van der Waals surface area contributed by atoms with Crippen LogP contribution in [0, 0.1) is 0 Å². The fourth-order valence-corrected chi connectivity index (χ4v) is 2.81. The minimum atomic E-state index is -0.174. The molecule has 0 aliphatic heterocycles. The quantitative estimate of drug-likeness (QED) is 0.464. The maximum absolute atomic E-state index is 12.1. The predicted octanol–water partition coefficient (Wildman–Crippen LogP) is 3.64. The molecule has 0 saturated carbocycles. The number of ketones is 1. The molecule has 0 spiro atoms. The van der Waals surface area contributed by atoms with E-state index in [1.165, 1.54) is 10.5 Å². The fraction of sp³-hybridized carbons (Fsp3) is 0.222. The number of carbonyl (C=O) groups is 2. The first-order valence-electron chi connectivity index (χ1n) is 7.06. The first kappa shape index (κ1) is 16.3. The Labute approximate surface area is 135 Å². The Bertz CT molecular complexity index is 653. The summed E-state index contributed by atoms with van der Waals surface area (Å²) in [6.45, 7) is 0. The number of carbonyl (C=O) groups excluding carboxylic acids is 2. The summed E-state index contributed by atoms with van der Waals surface area (Å²) in [5.74, 6) is 0.544. The molecule has 1 amide bonds. The van der Waals surface area contributed by atoms with E-state index in [2.05, 4.69) is 12.1 Å². The molecular formula is C18H19NO2S. The van der Waals surface area contributed by atoms with Crippen molar-refractivity contribution in [1.29, 1.82) is 0 Å². The molecule has 3 nitrogen and oxygen atoms in total. The molecule has 2 aromatic rings. The van der Waals surface area contributed by atoms with Crippen molar-refractivity contribution in [2.45, 2.75) is 17.1 Å². The van der Waals surface area contributed by atoms with E-state index in [0.29, 0.717) is 5.56 Å². The van der Waals surface area contributed by atoms with Gasteiger partial charge < -0.3 is 4.90 Å². The first-order valence-corrected chi connectivity index (χ1v) is 8.05. The molecule has 0 N–H and O–H groups in total. The zero-order valence-corrected chi connectivity index (χ0v) is 13.6. The smallest absolute Gasteiger partial charge is 0.229 e. The van der Waals surface area contributed by atoms with E-state index < -0.39 is 0 Å². The van der Waals surface area contributed by atoms with Crippen molar-refractivity contribution in [2.24, 2.45) is 0 Å². The summed E-state index contributed by atoms with van der Waals surface area (Å²) >= 11 is 1.68. The van der Waals surface area contributed by atoms with Crippen LogP contribution in [0.4, 0.5) is 0 Å². The van der Waals surface area contributed by atoms with Gasteiger partial charge >= 0.3 is 0 Å². The maximum atomic E-state index is 12.1. The number of Topliss-reactive ketones (excluding diaryl/α,β-unsaturated/α-hetero) is 1. The first-order chi connectivity index (χ1) is 10.6. The number of amides is 1. The average molecular weight is 313 g/mol. The van der Waals surface area contributed by atoms with Crippen LogP contribution in [0.5, 0.6) is 0 Å². The Balaban J connectivity index is 2.00. The van der Waals surface area contributed by atoms with Gasteiger partial charge in [0.2, 0.25) is 5.91 Å². The Morgan fingerprint density at radius 1 is 1.00 bits per heavy atom. The highest BCUT2D eigenvalue weighted by molar-refractivity contribution is 7.98. The van der Waals surface area contributed by atoms with Crippen molar-refractivity contribution in [2.75, 3.05) is 14.1 Å². The van der Waals surface area contributed by atoms with Crippen LogP contribution in [-0.2, 0) is 10.5 Å². The topological polar surface area (TPSA) is 37.4 Å². The van der Waals surface area contributed by atoms with Gasteiger partial charge in [0.15, 0.2) is 5.78 Å². The van der Waals surface area contributed by atoms with Crippen LogP contribution in [0.1, 0.15) is 22.3 Å². The van der Waals surface area contributed by atoms with Crippen LogP contribution in [-0.4, -0.2) is 30.7 Å². The second-order valence-electron chi connectivity index (χ2n) is 5.19. The third-order valence-electron chi connectivity index (χ3n) is 3.21. The Morgan fingerprint density at radius 3 is 2.41 bits per heavy atom. The second kappa shape index (κ2) is 7.80. The molecule has 0 aliphatic rings. The largest absolute Gasteiger partial charge is 0.348 e. The van der Waals surface area contributed by atoms with Crippen LogP contribution in [0.3, 0.4) is 0 Å². The van der Waals surface area contributed by atoms with Gasteiger partial charge in [0, 0.05) is 30.3 Å². The molecule has 0 fully saturated rings. The van der Waals surface area contributed by atoms with Gasteiger partial charge in [-0.1, -0.05) is 42.5 Å². The van der Waals surface area contributed by atoms with E-state index in [-0.39, 0.29) is 18.1 Å². The highest BCUT2D eigenvalue weighted by Crippen LogP contribution is 2.24. The lowest BCUT2D eigenvalue weighted by molar-refractivity contribution is -0.127. The molecular weight excluding hydrogens is 294 g/mol. The summed E-state index contributed by atoms with van der Waals surface area (Å²) in [6, 6.07) is 17.7. The number of thioether (sulfide) groups is 1. The van der Waals surface area contributed by atoms with E-state index in [0.717, 1.165) is 10.6 Å². The lowest BCUT2D eigenvalue weighted by atomic mass is 10.1. The molecule has 0 saturated heterocycles. The van der Waals surface area contributed by atoms with Crippen LogP contribution >= 0.6 is 11.8 Å². The number of rotatable bonds is 6. The lowest BCUT2D eigenvalue weighted by Crippen LogP contribution is -2.24. The Morgan fingerprint density at radius 2 is 1.73 bits per heavy atom. The van der Waals surface area contributed by atoms with E-state index in [1.54, 1.807) is 31.9 Å². The van der Waals surface area contributed by atoms with Crippen LogP contribution in [0.25, 0.3) is 0 Å². The zero-order valence-electron chi connectivity index (χ0n) is 12.8. The minimum Gasteiger partial charge on any atom is -0.348 e. The summed E-state index contributed by atoms with van der Waals surface area (Å²) < 4.78 is 0. The molecule has 2 aromatic carbocycles. The molecule has 0 aliphatic carbocycles. The molecule has 0 aromatic heterocycles. The van der Waals surface area contributed by atoms with Gasteiger partial charge in [-0.05, 0) is 17.7 Å². The standard InChI is InChI=1S/C18H19NO2S/c1-19(2)18(21)12-17(20)15-9-6-10-16(11-15)22-13-14-7-4-3-5-8-14/h3-11H,12-13H2,1-2H3. The zero-order chi connectivity index (χ0) is 15.9. The summed E-state index contributed by atoms with van der Waals surface area (Å²) in [5.41, 5.74) is 1.83. The highest BCUT2D eigenvalue weighted by Gasteiger charge is 2.13. The third kappa shape index (κ3) is 4.74. The van der Waals surface area contributed by atoms with E-state index in [4.69, 9.17) is 0 Å². The molecule has 0 bridgehead atoms. The molecule has 0 radical (unpaired) electrons. The van der Waals surface area contributed by atoms with Gasteiger partial charge in [0.25, 0.3) is 0 Å². The lowest BCUT2D eigenvalue weighted by Gasteiger charge is -2.09. The SMILES string of the molecule is CN(C)C(=O)CC(=O)c1cccc(SCc2ccccc2)c1. The van der Waals surface area contributed by atoms with Gasteiger partial charge in [-0.2, -0.15) is 0 Å². The van der Waals surface area contributed by atoms with E-state index >= 15 is 0 Å². The number of hydrogen-bond donors (Lipinski definition) is 0. The normalized spacial score (nSPS) is 10.3. The average Bonchev–Trinajstić information content (AvgIpc) is 2.54. The van der Waals surface area contributed by atoms with Crippen molar-refractivity contribution in [3.63, 3.8) is 0 Å². The summed E-state index contributed by atoms with van der Waals surface area (Å²) in [4.78, 5) is 26.2. The molecule has 2 rings (SSSR count). The summed E-state index contributed by atoms with van der Waals surface area (Å²) in [7, 11) is 3.31. The van der Waals surface area contributed by atoms with Crippen molar-refractivity contribution >= 4 is 23.5 Å². The second-order valence-corrected chi connectivity index (χ2v) is 6.24. The van der Waals surface area contributed by atoms with Gasteiger partial charge in [0.05, 0.1) is 6.42 Å². The van der Waals surface area contributed by atoms with Crippen LogP contribution < -0.4 is 0 Å². The van der Waals surface area contributed by atoms with E-state index in [9.17, 15) is 9.59 Å². The van der Waals surface area contributed by atoms with Crippen molar-refractivity contribution in [1.82, 2.24) is 4.90 Å². The summed E-state index contributed by atoms with van der Waals surface area (Å²) in [5, 5.41) is 0. The maximum Gasteiger partial charge on any atom is 0.229 e. The van der Waals surface area contributed by atoms with Gasteiger partial charge in [0.1, 0.15) is 0 Å². The Kier molecular flexibility index (Phi) is 5.78. The molecule has 0 atom stereocenters. The van der Waals surface area contributed by atoms with Gasteiger partial charge in [-0.3, -0.25) is 9.59 Å². The number of nitrogens with zero attached hydrogens (tertiary/aromatic N) is 1. The molecule has 114 valence electrons. The van der Waals surface area contributed by atoms with Gasteiger partial charge in [-0.25, -0.2) is 0 Å². The van der Waals surface area contributed by atoms with Crippen LogP contribution in [0.2, 0.25) is 0 Å². The van der Waals surface area contributed by atoms with Gasteiger partial charge in [-0.15, -0.1) is 11.8 Å². The Hall–Kier alpha value is -2.07. The third-order valence-corrected chi connectivity index (χ3v) is 4.28. The molecule has 0 heterocycles. The van der Waals surface area contributed by atoms with Crippen molar-refractivity contribution < 1.29 is 9.59 Å². The van der Waals surface area contributed by atoms with E-state index in [1.807, 2.05) is 36.4 Å². The number of hydrogen-bond acceptors (Lipinski definition) is 3. The molecule has 0 unspecified atom stereocenters. The fourth-order valence-electron chi connectivity index (χ4n) is 1.90. The van der Waals surface area contributed by atoms with Crippen molar-refractivity contribution in [3.05, 3.63) is 65.7 Å². The molecule has 4 heteroatoms. The number of benzene rings is 2. The predicted molar refractivity (Wildman–Crippen MR) is 90.1 cm³/mol. The molecule has 22 heavy (non-hydrogen) atoms. The monoisotopic (exact) mass is 313 g/mol. The highest BCUT2D eigenvalue weighted by atomic mass is 32.2. The minimum absolute atomic E-state index is 0.0835. The van der Waals surface area contributed by atoms with Crippen molar-refractivity contribution in [3.8, 4) is 0 Å².